The molecular weight excluding hydrogens is 440 g/mol. The molecule has 1 aliphatic heterocycles. The Kier molecular flexibility index (Phi) is 9.33. The lowest BCUT2D eigenvalue weighted by atomic mass is 10.0. The van der Waals surface area contributed by atoms with Crippen LogP contribution in [0, 0.1) is 6.92 Å². The minimum absolute atomic E-state index is 0.00450. The maximum atomic E-state index is 11.9. The van der Waals surface area contributed by atoms with Crippen LogP contribution in [0.15, 0.2) is 22.6 Å². The number of carboxylic acid groups (broad SMARTS) is 1. The molecule has 0 unspecified atom stereocenters. The Bertz CT molecular complexity index is 964. The molecular formula is C25H34N2O7. The van der Waals surface area contributed by atoms with Crippen molar-refractivity contribution in [2.45, 2.75) is 71.4 Å². The van der Waals surface area contributed by atoms with Gasteiger partial charge in [-0.3, -0.25) is 4.79 Å². The zero-order valence-electron chi connectivity index (χ0n) is 20.1. The predicted octanol–water partition coefficient (Wildman–Crippen LogP) is 4.15. The molecule has 1 aromatic heterocycles. The minimum atomic E-state index is -0.874. The number of nitrogens with one attached hydrogen (secondary N) is 1. The van der Waals surface area contributed by atoms with Gasteiger partial charge in [0.05, 0.1) is 18.4 Å². The monoisotopic (exact) mass is 474 g/mol. The molecule has 0 saturated carbocycles. The van der Waals surface area contributed by atoms with Gasteiger partial charge in [0.15, 0.2) is 5.89 Å². The van der Waals surface area contributed by atoms with E-state index >= 15 is 0 Å². The first kappa shape index (κ1) is 25.6. The topological polar surface area (TPSA) is 120 Å². The lowest BCUT2D eigenvalue weighted by molar-refractivity contribution is -0.136. The molecule has 34 heavy (non-hydrogen) atoms. The Morgan fingerprint density at radius 1 is 1.21 bits per heavy atom. The lowest BCUT2D eigenvalue weighted by Gasteiger charge is -2.18. The number of rotatable bonds is 11. The highest BCUT2D eigenvalue weighted by molar-refractivity contribution is 5.68. The van der Waals surface area contributed by atoms with Gasteiger partial charge in [0, 0.05) is 38.5 Å². The summed E-state index contributed by atoms with van der Waals surface area (Å²) in [6.45, 7) is 7.57. The summed E-state index contributed by atoms with van der Waals surface area (Å²) in [7, 11) is 0. The third-order valence-electron chi connectivity index (χ3n) is 5.64. The van der Waals surface area contributed by atoms with Crippen LogP contribution in [0.5, 0.6) is 5.75 Å². The number of carboxylic acids is 1. The molecule has 1 aromatic carbocycles. The normalized spacial score (nSPS) is 14.2. The summed E-state index contributed by atoms with van der Waals surface area (Å²) < 4.78 is 22.4. The number of alkyl carbamates (subject to hydrolysis) is 1. The fourth-order valence-electron chi connectivity index (χ4n) is 3.83. The summed E-state index contributed by atoms with van der Waals surface area (Å²) in [6, 6.07) is 5.49. The maximum absolute atomic E-state index is 11.9. The highest BCUT2D eigenvalue weighted by Crippen LogP contribution is 2.28. The zero-order valence-corrected chi connectivity index (χ0v) is 20.1. The van der Waals surface area contributed by atoms with Crippen molar-refractivity contribution in [2.75, 3.05) is 19.8 Å². The highest BCUT2D eigenvalue weighted by atomic mass is 16.6. The van der Waals surface area contributed by atoms with Gasteiger partial charge in [-0.25, -0.2) is 9.78 Å². The maximum Gasteiger partial charge on any atom is 0.407 e. The number of hydrogen-bond donors (Lipinski definition) is 2. The number of benzene rings is 1. The first-order chi connectivity index (χ1) is 16.3. The number of aryl methyl sites for hydroxylation is 2. The number of carbonyl (C=O) groups is 2. The Balaban J connectivity index is 1.60. The van der Waals surface area contributed by atoms with Crippen molar-refractivity contribution >= 4 is 12.1 Å². The molecule has 186 valence electrons. The van der Waals surface area contributed by atoms with Crippen LogP contribution >= 0.6 is 0 Å². The smallest absolute Gasteiger partial charge is 0.407 e. The van der Waals surface area contributed by atoms with Gasteiger partial charge in [-0.1, -0.05) is 6.07 Å². The van der Waals surface area contributed by atoms with Crippen LogP contribution in [-0.4, -0.2) is 48.1 Å². The first-order valence-electron chi connectivity index (χ1n) is 11.8. The number of hydrogen-bond acceptors (Lipinski definition) is 7. The van der Waals surface area contributed by atoms with E-state index in [0.717, 1.165) is 54.5 Å². The van der Waals surface area contributed by atoms with E-state index < -0.39 is 12.1 Å². The van der Waals surface area contributed by atoms with E-state index in [1.165, 1.54) is 0 Å². The van der Waals surface area contributed by atoms with Gasteiger partial charge in [0.2, 0.25) is 0 Å². The van der Waals surface area contributed by atoms with Gasteiger partial charge in [-0.15, -0.1) is 0 Å². The van der Waals surface area contributed by atoms with E-state index in [2.05, 4.69) is 5.32 Å². The van der Waals surface area contributed by atoms with Gasteiger partial charge in [0.25, 0.3) is 0 Å². The van der Waals surface area contributed by atoms with Gasteiger partial charge < -0.3 is 29.1 Å². The van der Waals surface area contributed by atoms with Crippen molar-refractivity contribution in [1.29, 1.82) is 0 Å². The van der Waals surface area contributed by atoms with Crippen molar-refractivity contribution in [3.63, 3.8) is 0 Å². The molecule has 9 heteroatoms. The molecule has 2 aromatic rings. The van der Waals surface area contributed by atoms with E-state index in [0.29, 0.717) is 31.1 Å². The van der Waals surface area contributed by atoms with E-state index in [4.69, 9.17) is 28.7 Å². The van der Waals surface area contributed by atoms with Crippen molar-refractivity contribution < 1.29 is 33.3 Å². The van der Waals surface area contributed by atoms with Crippen LogP contribution < -0.4 is 10.1 Å². The number of amides is 1. The van der Waals surface area contributed by atoms with Crippen molar-refractivity contribution in [2.24, 2.45) is 0 Å². The van der Waals surface area contributed by atoms with Crippen LogP contribution in [-0.2, 0) is 33.7 Å². The number of aromatic nitrogens is 1. The van der Waals surface area contributed by atoms with E-state index in [-0.39, 0.29) is 19.1 Å². The predicted molar refractivity (Wildman–Crippen MR) is 124 cm³/mol. The quantitative estimate of drug-likeness (QED) is 0.498. The second kappa shape index (κ2) is 12.4. The molecule has 1 aliphatic rings. The Morgan fingerprint density at radius 2 is 1.97 bits per heavy atom. The molecule has 2 heterocycles. The fourth-order valence-corrected chi connectivity index (χ4v) is 3.83. The number of carbonyl (C=O) groups excluding carboxylic acids is 1. The molecule has 1 amide bonds. The summed E-state index contributed by atoms with van der Waals surface area (Å²) in [4.78, 5) is 27.6. The average Bonchev–Trinajstić information content (AvgIpc) is 3.17. The molecule has 3 rings (SSSR count). The Morgan fingerprint density at radius 3 is 2.68 bits per heavy atom. The third kappa shape index (κ3) is 7.76. The summed E-state index contributed by atoms with van der Waals surface area (Å²) in [6.07, 6.45) is 2.06. The van der Waals surface area contributed by atoms with Gasteiger partial charge in [-0.2, -0.15) is 0 Å². The Hall–Kier alpha value is -3.07. The van der Waals surface area contributed by atoms with Crippen LogP contribution in [0.1, 0.15) is 67.5 Å². The first-order valence-corrected chi connectivity index (χ1v) is 11.8. The largest absolute Gasteiger partial charge is 0.493 e. The molecule has 0 spiro atoms. The number of aliphatic carboxylic acids is 1. The standard InChI is InChI=1S/C25H34N2O7/c1-16(2)33-25(30)26-15-20-14-21(6-4-18(20)5-7-23(28)29)32-13-10-22-17(3)34-24(27-22)19-8-11-31-12-9-19/h4,6,14,16,19H,5,7-13,15H2,1-3H3,(H,26,30)(H,28,29). The number of nitrogens with zero attached hydrogens (tertiary/aromatic N) is 1. The van der Waals surface area contributed by atoms with Crippen molar-refractivity contribution in [3.05, 3.63) is 46.7 Å². The third-order valence-corrected chi connectivity index (χ3v) is 5.64. The minimum Gasteiger partial charge on any atom is -0.493 e. The second-order valence-corrected chi connectivity index (χ2v) is 8.67. The second-order valence-electron chi connectivity index (χ2n) is 8.67. The van der Waals surface area contributed by atoms with Gasteiger partial charge >= 0.3 is 12.1 Å². The molecule has 0 atom stereocenters. The fraction of sp³-hybridized carbons (Fsp3) is 0.560. The zero-order chi connectivity index (χ0) is 24.5. The highest BCUT2D eigenvalue weighted by Gasteiger charge is 2.22. The molecule has 9 nitrogen and oxygen atoms in total. The molecule has 1 fully saturated rings. The number of ether oxygens (including phenoxy) is 3. The van der Waals surface area contributed by atoms with Gasteiger partial charge in [-0.05, 0) is 63.3 Å². The van der Waals surface area contributed by atoms with Crippen LogP contribution in [0.25, 0.3) is 0 Å². The molecule has 1 saturated heterocycles. The van der Waals surface area contributed by atoms with E-state index in [1.54, 1.807) is 13.8 Å². The summed E-state index contributed by atoms with van der Waals surface area (Å²) in [5.41, 5.74) is 2.52. The number of oxazole rings is 1. The van der Waals surface area contributed by atoms with Crippen LogP contribution in [0.2, 0.25) is 0 Å². The van der Waals surface area contributed by atoms with Gasteiger partial charge in [0.1, 0.15) is 11.5 Å². The molecule has 0 radical (unpaired) electrons. The summed E-state index contributed by atoms with van der Waals surface area (Å²) in [5, 5.41) is 11.7. The molecule has 0 bridgehead atoms. The molecule has 2 N–H and O–H groups in total. The average molecular weight is 475 g/mol. The van der Waals surface area contributed by atoms with Crippen LogP contribution in [0.4, 0.5) is 4.79 Å². The lowest BCUT2D eigenvalue weighted by Crippen LogP contribution is -2.26. The van der Waals surface area contributed by atoms with Crippen molar-refractivity contribution in [3.8, 4) is 5.75 Å². The Labute approximate surface area is 199 Å². The molecule has 0 aliphatic carbocycles. The summed E-state index contributed by atoms with van der Waals surface area (Å²) in [5.74, 6) is 1.65. The van der Waals surface area contributed by atoms with Crippen molar-refractivity contribution in [1.82, 2.24) is 10.3 Å². The van der Waals surface area contributed by atoms with Crippen LogP contribution in [0.3, 0.4) is 0 Å². The van der Waals surface area contributed by atoms with E-state index in [9.17, 15) is 9.59 Å². The summed E-state index contributed by atoms with van der Waals surface area (Å²) >= 11 is 0. The SMILES string of the molecule is Cc1oc(C2CCOCC2)nc1CCOc1ccc(CCC(=O)O)c(CNC(=O)OC(C)C)c1. The van der Waals surface area contributed by atoms with E-state index in [1.807, 2.05) is 25.1 Å².